The first-order valence-corrected chi connectivity index (χ1v) is 12.7. The summed E-state index contributed by atoms with van der Waals surface area (Å²) in [5, 5.41) is 8.92. The minimum atomic E-state index is -1.15. The average Bonchev–Trinajstić information content (AvgIpc) is 2.68. The first-order valence-electron chi connectivity index (χ1n) is 12.7. The number of carbonyl (C=O) groups is 3. The Labute approximate surface area is 205 Å². The Balaban J connectivity index is 2.05. The summed E-state index contributed by atoms with van der Waals surface area (Å²) in [5.74, 6) is -0.892. The zero-order valence-electron chi connectivity index (χ0n) is 22.1. The van der Waals surface area contributed by atoms with Gasteiger partial charge in [-0.1, -0.05) is 51.8 Å². The van der Waals surface area contributed by atoms with Crippen molar-refractivity contribution in [2.75, 3.05) is 6.61 Å². The molecule has 0 heterocycles. The van der Waals surface area contributed by atoms with Gasteiger partial charge >= 0.3 is 17.9 Å². The number of hydrogen-bond acceptors (Lipinski definition) is 5. The van der Waals surface area contributed by atoms with E-state index in [-0.39, 0.29) is 22.9 Å². The summed E-state index contributed by atoms with van der Waals surface area (Å²) in [6.45, 7) is 15.4. The van der Waals surface area contributed by atoms with Crippen molar-refractivity contribution in [3.63, 3.8) is 0 Å². The van der Waals surface area contributed by atoms with Gasteiger partial charge in [0.1, 0.15) is 19.1 Å². The third kappa shape index (κ3) is 6.96. The highest BCUT2D eigenvalue weighted by molar-refractivity contribution is 5.90. The van der Waals surface area contributed by atoms with Crippen LogP contribution in [0.15, 0.2) is 23.3 Å². The predicted octanol–water partition coefficient (Wildman–Crippen LogP) is 6.10. The molecule has 192 valence electrons. The molecule has 34 heavy (non-hydrogen) atoms. The lowest BCUT2D eigenvalue weighted by Crippen LogP contribution is -2.55. The molecule has 0 aromatic rings. The van der Waals surface area contributed by atoms with Crippen molar-refractivity contribution in [3.05, 3.63) is 23.3 Å². The Morgan fingerprint density at radius 1 is 1.21 bits per heavy atom. The van der Waals surface area contributed by atoms with Crippen molar-refractivity contribution < 1.29 is 29.0 Å². The maximum atomic E-state index is 12.1. The molecule has 2 rings (SSSR count). The minimum Gasteiger partial charge on any atom is -0.481 e. The number of aliphatic carboxylic acids is 1. The third-order valence-electron chi connectivity index (χ3n) is 8.14. The molecule has 6 heteroatoms. The highest BCUT2D eigenvalue weighted by Gasteiger charge is 2.56. The SMILES string of the molecule is CC(=CCOC(=O)CC(C)C)CCC1C(C)=CCC2C(C)(C)C(OC(=O)CC(=O)O)CCC12C. The van der Waals surface area contributed by atoms with E-state index in [1.807, 2.05) is 19.9 Å². The molecular weight excluding hydrogens is 432 g/mol. The summed E-state index contributed by atoms with van der Waals surface area (Å²) in [7, 11) is 0. The number of carboxylic acid groups (broad SMARTS) is 1. The Morgan fingerprint density at radius 3 is 2.50 bits per heavy atom. The zero-order valence-corrected chi connectivity index (χ0v) is 22.1. The number of esters is 2. The Morgan fingerprint density at radius 2 is 1.88 bits per heavy atom. The van der Waals surface area contributed by atoms with Crippen LogP contribution in [0.3, 0.4) is 0 Å². The van der Waals surface area contributed by atoms with Crippen molar-refractivity contribution >= 4 is 17.9 Å². The van der Waals surface area contributed by atoms with Crippen LogP contribution < -0.4 is 0 Å². The van der Waals surface area contributed by atoms with E-state index in [0.29, 0.717) is 30.8 Å². The Hall–Kier alpha value is -2.11. The van der Waals surface area contributed by atoms with Crippen LogP contribution in [0, 0.1) is 28.6 Å². The van der Waals surface area contributed by atoms with Gasteiger partial charge in [0.15, 0.2) is 0 Å². The van der Waals surface area contributed by atoms with Crippen LogP contribution in [-0.4, -0.2) is 35.7 Å². The number of rotatable bonds is 10. The highest BCUT2D eigenvalue weighted by atomic mass is 16.5. The summed E-state index contributed by atoms with van der Waals surface area (Å²) in [6.07, 6.45) is 8.54. The molecule has 4 atom stereocenters. The van der Waals surface area contributed by atoms with Gasteiger partial charge < -0.3 is 14.6 Å². The van der Waals surface area contributed by atoms with Gasteiger partial charge in [0, 0.05) is 11.8 Å². The summed E-state index contributed by atoms with van der Waals surface area (Å²) < 4.78 is 11.0. The number of carbonyl (C=O) groups excluding carboxylic acids is 2. The van der Waals surface area contributed by atoms with Crippen LogP contribution in [-0.2, 0) is 23.9 Å². The van der Waals surface area contributed by atoms with Crippen LogP contribution in [0.5, 0.6) is 0 Å². The summed E-state index contributed by atoms with van der Waals surface area (Å²) in [6, 6.07) is 0. The second-order valence-electron chi connectivity index (χ2n) is 11.6. The summed E-state index contributed by atoms with van der Waals surface area (Å²) >= 11 is 0. The van der Waals surface area contributed by atoms with Crippen LogP contribution in [0.1, 0.15) is 93.4 Å². The van der Waals surface area contributed by atoms with Crippen LogP contribution >= 0.6 is 0 Å². The maximum Gasteiger partial charge on any atom is 0.317 e. The maximum absolute atomic E-state index is 12.1. The van der Waals surface area contributed by atoms with Crippen LogP contribution in [0.2, 0.25) is 0 Å². The smallest absolute Gasteiger partial charge is 0.317 e. The topological polar surface area (TPSA) is 89.9 Å². The largest absolute Gasteiger partial charge is 0.481 e. The molecule has 0 bridgehead atoms. The molecule has 0 amide bonds. The Bertz CT molecular complexity index is 821. The van der Waals surface area contributed by atoms with E-state index in [2.05, 4.69) is 40.7 Å². The molecule has 1 fully saturated rings. The van der Waals surface area contributed by atoms with Crippen molar-refractivity contribution in [1.82, 2.24) is 0 Å². The first kappa shape index (κ1) is 28.1. The van der Waals surface area contributed by atoms with Gasteiger partial charge in [-0.2, -0.15) is 0 Å². The van der Waals surface area contributed by atoms with E-state index >= 15 is 0 Å². The molecule has 1 N–H and O–H groups in total. The van der Waals surface area contributed by atoms with Crippen molar-refractivity contribution in [1.29, 1.82) is 0 Å². The van der Waals surface area contributed by atoms with Crippen LogP contribution in [0.25, 0.3) is 0 Å². The molecule has 4 unspecified atom stereocenters. The quantitative estimate of drug-likeness (QED) is 0.233. The number of ether oxygens (including phenoxy) is 2. The zero-order chi connectivity index (χ0) is 25.7. The van der Waals surface area contributed by atoms with Gasteiger partial charge in [-0.25, -0.2) is 0 Å². The molecular formula is C28H44O6. The molecule has 6 nitrogen and oxygen atoms in total. The second-order valence-corrected chi connectivity index (χ2v) is 11.6. The van der Waals surface area contributed by atoms with E-state index in [0.717, 1.165) is 32.1 Å². The summed E-state index contributed by atoms with van der Waals surface area (Å²) in [5.41, 5.74) is 2.49. The molecule has 0 spiro atoms. The normalized spacial score (nSPS) is 28.6. The highest BCUT2D eigenvalue weighted by Crippen LogP contribution is 2.61. The first-order chi connectivity index (χ1) is 15.8. The lowest BCUT2D eigenvalue weighted by Gasteiger charge is -2.59. The van der Waals surface area contributed by atoms with Gasteiger partial charge in [0.05, 0.1) is 0 Å². The molecule has 0 aromatic carbocycles. The minimum absolute atomic E-state index is 0.0854. The van der Waals surface area contributed by atoms with E-state index in [1.165, 1.54) is 11.1 Å². The van der Waals surface area contributed by atoms with E-state index in [9.17, 15) is 14.4 Å². The van der Waals surface area contributed by atoms with Crippen LogP contribution in [0.4, 0.5) is 0 Å². The van der Waals surface area contributed by atoms with Gasteiger partial charge in [-0.05, 0) is 75.2 Å². The second kappa shape index (κ2) is 11.5. The standard InChI is InChI=1S/C28H44O6/c1-18(2)16-25(31)33-15-13-19(3)8-10-21-20(4)9-11-22-27(5,6)23(12-14-28(21,22)7)34-26(32)17-24(29)30/h9,13,18,21-23H,8,10-12,14-17H2,1-7H3,(H,29,30). The van der Waals surface area contributed by atoms with Crippen molar-refractivity contribution in [2.45, 2.75) is 99.5 Å². The predicted molar refractivity (Wildman–Crippen MR) is 132 cm³/mol. The Kier molecular flexibility index (Phi) is 9.55. The molecule has 2 aliphatic rings. The number of fused-ring (bicyclic) bond motifs is 1. The summed E-state index contributed by atoms with van der Waals surface area (Å²) in [4.78, 5) is 34.7. The molecule has 0 saturated heterocycles. The molecule has 0 radical (unpaired) electrons. The van der Waals surface area contributed by atoms with Gasteiger partial charge in [0.2, 0.25) is 0 Å². The molecule has 1 saturated carbocycles. The van der Waals surface area contributed by atoms with Crippen molar-refractivity contribution in [3.8, 4) is 0 Å². The monoisotopic (exact) mass is 476 g/mol. The molecule has 2 aliphatic carbocycles. The molecule has 0 aromatic heterocycles. The number of allylic oxidation sites excluding steroid dienone is 3. The van der Waals surface area contributed by atoms with Crippen molar-refractivity contribution in [2.24, 2.45) is 28.6 Å². The van der Waals surface area contributed by atoms with Gasteiger partial charge in [-0.3, -0.25) is 14.4 Å². The van der Waals surface area contributed by atoms with Gasteiger partial charge in [-0.15, -0.1) is 0 Å². The molecule has 0 aliphatic heterocycles. The average molecular weight is 477 g/mol. The fourth-order valence-electron chi connectivity index (χ4n) is 6.25. The van der Waals surface area contributed by atoms with Gasteiger partial charge in [0.25, 0.3) is 0 Å². The van der Waals surface area contributed by atoms with E-state index < -0.39 is 18.4 Å². The van der Waals surface area contributed by atoms with E-state index in [1.54, 1.807) is 0 Å². The van der Waals surface area contributed by atoms with E-state index in [4.69, 9.17) is 14.6 Å². The lowest BCUT2D eigenvalue weighted by atomic mass is 9.47. The lowest BCUT2D eigenvalue weighted by molar-refractivity contribution is -0.176. The number of carboxylic acids is 1. The third-order valence-corrected chi connectivity index (χ3v) is 8.14. The fraction of sp³-hybridized carbons (Fsp3) is 0.750. The number of hydrogen-bond donors (Lipinski definition) is 1. The fourth-order valence-corrected chi connectivity index (χ4v) is 6.25.